The van der Waals surface area contributed by atoms with Gasteiger partial charge < -0.3 is 13.9 Å². The molecule has 3 aromatic heterocycles. The summed E-state index contributed by atoms with van der Waals surface area (Å²) in [6.07, 6.45) is 3.34. The lowest BCUT2D eigenvalue weighted by Gasteiger charge is -2.29. The fourth-order valence-electron chi connectivity index (χ4n) is 4.86. The van der Waals surface area contributed by atoms with Crippen molar-refractivity contribution >= 4 is 23.2 Å². The smallest absolute Gasteiger partial charge is 0.279 e. The summed E-state index contributed by atoms with van der Waals surface area (Å²) < 4.78 is 9.07. The van der Waals surface area contributed by atoms with Gasteiger partial charge in [0.2, 0.25) is 5.88 Å². The van der Waals surface area contributed by atoms with Crippen molar-refractivity contribution < 1.29 is 9.53 Å². The molecule has 1 unspecified atom stereocenters. The number of halogens is 1. The van der Waals surface area contributed by atoms with Gasteiger partial charge in [-0.05, 0) is 56.7 Å². The van der Waals surface area contributed by atoms with E-state index in [1.54, 1.807) is 44.4 Å². The Morgan fingerprint density at radius 2 is 1.83 bits per heavy atom. The molecule has 1 amide bonds. The van der Waals surface area contributed by atoms with Crippen LogP contribution in [0, 0.1) is 6.92 Å². The van der Waals surface area contributed by atoms with Crippen molar-refractivity contribution in [2.45, 2.75) is 32.9 Å². The largest absolute Gasteiger partial charge is 0.480 e. The van der Waals surface area contributed by atoms with E-state index in [0.29, 0.717) is 39.2 Å². The van der Waals surface area contributed by atoms with Crippen LogP contribution in [-0.2, 0) is 7.05 Å². The van der Waals surface area contributed by atoms with Crippen LogP contribution in [0.2, 0.25) is 5.02 Å². The van der Waals surface area contributed by atoms with E-state index in [1.807, 2.05) is 36.4 Å². The number of methoxy groups -OCH3 is 1. The van der Waals surface area contributed by atoms with Crippen LogP contribution in [0.4, 0.5) is 5.69 Å². The normalized spacial score (nSPS) is 15.0. The van der Waals surface area contributed by atoms with Crippen molar-refractivity contribution in [1.82, 2.24) is 19.1 Å². The molecule has 36 heavy (non-hydrogen) atoms. The van der Waals surface area contributed by atoms with Crippen LogP contribution in [-0.4, -0.2) is 32.1 Å². The van der Waals surface area contributed by atoms with Gasteiger partial charge in [0.25, 0.3) is 11.5 Å². The molecule has 0 radical (unpaired) electrons. The molecule has 4 aromatic rings. The highest BCUT2D eigenvalue weighted by Gasteiger charge is 2.45. The van der Waals surface area contributed by atoms with Crippen molar-refractivity contribution in [3.8, 4) is 17.3 Å². The number of aryl methyl sites for hydroxylation is 2. The van der Waals surface area contributed by atoms with Gasteiger partial charge in [0.15, 0.2) is 5.69 Å². The number of carbonyl (C=O) groups excluding carboxylic acids is 1. The zero-order valence-corrected chi connectivity index (χ0v) is 21.4. The number of nitrogens with zero attached hydrogens (tertiary/aromatic N) is 5. The molecule has 1 aliphatic heterocycles. The number of carbonyl (C=O) groups is 1. The van der Waals surface area contributed by atoms with Crippen LogP contribution in [0.5, 0.6) is 5.88 Å². The molecule has 1 aromatic carbocycles. The minimum Gasteiger partial charge on any atom is -0.480 e. The van der Waals surface area contributed by atoms with E-state index in [0.717, 1.165) is 11.3 Å². The Morgan fingerprint density at radius 1 is 1.11 bits per heavy atom. The summed E-state index contributed by atoms with van der Waals surface area (Å²) in [4.78, 5) is 37.3. The lowest BCUT2D eigenvalue weighted by atomic mass is 10.0. The first-order chi connectivity index (χ1) is 17.2. The number of benzene rings is 1. The molecule has 0 aliphatic carbocycles. The van der Waals surface area contributed by atoms with Crippen LogP contribution in [0.3, 0.4) is 0 Å². The highest BCUT2D eigenvalue weighted by Crippen LogP contribution is 2.45. The van der Waals surface area contributed by atoms with Crippen molar-refractivity contribution in [2.75, 3.05) is 12.0 Å². The molecule has 184 valence electrons. The fraction of sp³-hybridized carbons (Fsp3) is 0.259. The third-order valence-corrected chi connectivity index (χ3v) is 6.67. The molecule has 0 N–H and O–H groups in total. The fourth-order valence-corrected chi connectivity index (χ4v) is 4.99. The number of aromatic nitrogens is 4. The summed E-state index contributed by atoms with van der Waals surface area (Å²) in [5.41, 5.74) is 3.77. The van der Waals surface area contributed by atoms with E-state index < -0.39 is 6.04 Å². The molecule has 4 heterocycles. The minimum atomic E-state index is -0.479. The summed E-state index contributed by atoms with van der Waals surface area (Å²) in [7, 11) is 3.25. The Labute approximate surface area is 213 Å². The van der Waals surface area contributed by atoms with Gasteiger partial charge in [-0.3, -0.25) is 14.5 Å². The summed E-state index contributed by atoms with van der Waals surface area (Å²) in [6, 6.07) is 12.4. The number of anilines is 1. The average Bonchev–Trinajstić information content (AvgIpc) is 3.38. The van der Waals surface area contributed by atoms with E-state index in [2.05, 4.69) is 23.4 Å². The zero-order valence-electron chi connectivity index (χ0n) is 20.7. The second kappa shape index (κ2) is 8.95. The van der Waals surface area contributed by atoms with Crippen LogP contribution in [0.25, 0.3) is 11.4 Å². The molecular weight excluding hydrogens is 478 g/mol. The number of hydrogen-bond donors (Lipinski definition) is 0. The quantitative estimate of drug-likeness (QED) is 0.385. The Balaban J connectivity index is 1.80. The monoisotopic (exact) mass is 503 g/mol. The number of hydrogen-bond acceptors (Lipinski definition) is 5. The third-order valence-electron chi connectivity index (χ3n) is 6.42. The number of imidazole rings is 1. The van der Waals surface area contributed by atoms with Gasteiger partial charge in [0.05, 0.1) is 24.1 Å². The minimum absolute atomic E-state index is 0.0226. The molecule has 0 fully saturated rings. The van der Waals surface area contributed by atoms with Gasteiger partial charge in [-0.15, -0.1) is 0 Å². The summed E-state index contributed by atoms with van der Waals surface area (Å²) in [5.74, 6) is 0.805. The topological polar surface area (TPSA) is 82.2 Å². The van der Waals surface area contributed by atoms with Gasteiger partial charge in [0, 0.05) is 36.1 Å². The summed E-state index contributed by atoms with van der Waals surface area (Å²) in [5, 5.41) is 0.603. The highest BCUT2D eigenvalue weighted by atomic mass is 35.5. The predicted molar refractivity (Wildman–Crippen MR) is 139 cm³/mol. The van der Waals surface area contributed by atoms with Gasteiger partial charge in [-0.25, -0.2) is 9.97 Å². The van der Waals surface area contributed by atoms with Crippen LogP contribution in [0.1, 0.15) is 53.2 Å². The lowest BCUT2D eigenvalue weighted by molar-refractivity contribution is 0.0989. The molecule has 0 saturated carbocycles. The Bertz CT molecular complexity index is 1510. The molecule has 9 heteroatoms. The standard InChI is InChI=1S/C27H26ClN5O3/c1-15(2)32-23-21(30-24(32)20-7-6-12-29-25(20)36-5)27(35)33(19-13-16(3)26(34)31(4)14-19)22(23)17-8-10-18(28)11-9-17/h6-15,22H,1-5H3. The zero-order chi connectivity index (χ0) is 25.7. The number of fused-ring (bicyclic) bond motifs is 1. The first kappa shape index (κ1) is 23.8. The third kappa shape index (κ3) is 3.69. The molecule has 0 bridgehead atoms. The Kier molecular flexibility index (Phi) is 5.92. The van der Waals surface area contributed by atoms with Crippen molar-refractivity contribution in [3.63, 3.8) is 0 Å². The van der Waals surface area contributed by atoms with E-state index in [1.165, 1.54) is 4.57 Å². The molecular formula is C27H26ClN5O3. The maximum absolute atomic E-state index is 14.0. The second-order valence-corrected chi connectivity index (χ2v) is 9.56. The van der Waals surface area contributed by atoms with Gasteiger partial charge in [0.1, 0.15) is 11.9 Å². The summed E-state index contributed by atoms with van der Waals surface area (Å²) >= 11 is 6.20. The highest BCUT2D eigenvalue weighted by molar-refractivity contribution is 6.30. The molecule has 1 aliphatic rings. The Hall–Kier alpha value is -3.91. The van der Waals surface area contributed by atoms with E-state index in [-0.39, 0.29) is 17.5 Å². The van der Waals surface area contributed by atoms with E-state index in [9.17, 15) is 9.59 Å². The SMILES string of the molecule is COc1ncccc1-c1nc2c(n1C(C)C)C(c1ccc(Cl)cc1)N(c1cc(C)c(=O)n(C)c1)C2=O. The van der Waals surface area contributed by atoms with Crippen molar-refractivity contribution in [3.05, 3.63) is 92.7 Å². The number of pyridine rings is 2. The maximum Gasteiger partial charge on any atom is 0.279 e. The van der Waals surface area contributed by atoms with Crippen molar-refractivity contribution in [1.29, 1.82) is 0 Å². The molecule has 1 atom stereocenters. The Morgan fingerprint density at radius 3 is 2.47 bits per heavy atom. The van der Waals surface area contributed by atoms with Crippen LogP contribution >= 0.6 is 11.6 Å². The predicted octanol–water partition coefficient (Wildman–Crippen LogP) is 4.94. The van der Waals surface area contributed by atoms with Crippen LogP contribution < -0.4 is 15.2 Å². The first-order valence-electron chi connectivity index (χ1n) is 11.6. The van der Waals surface area contributed by atoms with Crippen LogP contribution in [0.15, 0.2) is 59.7 Å². The van der Waals surface area contributed by atoms with Crippen molar-refractivity contribution in [2.24, 2.45) is 7.05 Å². The molecule has 0 spiro atoms. The summed E-state index contributed by atoms with van der Waals surface area (Å²) in [6.45, 7) is 5.85. The van der Waals surface area contributed by atoms with Gasteiger partial charge in [-0.1, -0.05) is 23.7 Å². The lowest BCUT2D eigenvalue weighted by Crippen LogP contribution is -2.32. The average molecular weight is 504 g/mol. The maximum atomic E-state index is 14.0. The number of amides is 1. The number of rotatable bonds is 5. The van der Waals surface area contributed by atoms with E-state index in [4.69, 9.17) is 21.3 Å². The first-order valence-corrected chi connectivity index (χ1v) is 12.0. The molecule has 5 rings (SSSR count). The molecule has 0 saturated heterocycles. The van der Waals surface area contributed by atoms with Gasteiger partial charge >= 0.3 is 0 Å². The van der Waals surface area contributed by atoms with Gasteiger partial charge in [-0.2, -0.15) is 0 Å². The number of ether oxygens (including phenoxy) is 1. The van der Waals surface area contributed by atoms with E-state index >= 15 is 0 Å². The molecule has 8 nitrogen and oxygen atoms in total. The second-order valence-electron chi connectivity index (χ2n) is 9.12.